The van der Waals surface area contributed by atoms with Crippen molar-refractivity contribution in [2.45, 2.75) is 45.6 Å². The zero-order valence-electron chi connectivity index (χ0n) is 10.1. The van der Waals surface area contributed by atoms with Crippen LogP contribution in [0, 0.1) is 11.3 Å². The Morgan fingerprint density at radius 3 is 2.94 bits per heavy atom. The molecule has 2 heteroatoms. The van der Waals surface area contributed by atoms with E-state index in [0.717, 1.165) is 30.4 Å². The fourth-order valence-electron chi connectivity index (χ4n) is 2.90. The van der Waals surface area contributed by atoms with Crippen LogP contribution in [0.3, 0.4) is 0 Å². The van der Waals surface area contributed by atoms with E-state index in [1.807, 2.05) is 6.92 Å². The van der Waals surface area contributed by atoms with E-state index in [4.69, 9.17) is 0 Å². The monoisotopic (exact) mass is 220 g/mol. The van der Waals surface area contributed by atoms with Crippen LogP contribution in [-0.4, -0.2) is 17.0 Å². The van der Waals surface area contributed by atoms with Crippen LogP contribution in [0.2, 0.25) is 0 Å². The Kier molecular flexibility index (Phi) is 2.79. The second-order valence-electron chi connectivity index (χ2n) is 5.55. The molecule has 0 bridgehead atoms. The van der Waals surface area contributed by atoms with Gasteiger partial charge in [-0.1, -0.05) is 24.6 Å². The Morgan fingerprint density at radius 1 is 1.62 bits per heavy atom. The summed E-state index contributed by atoms with van der Waals surface area (Å²) >= 11 is 0. The predicted molar refractivity (Wildman–Crippen MR) is 64.0 cm³/mol. The summed E-state index contributed by atoms with van der Waals surface area (Å²) in [5.41, 5.74) is 2.08. The van der Waals surface area contributed by atoms with Crippen LogP contribution in [-0.2, 0) is 4.79 Å². The molecular formula is C14H20O2. The van der Waals surface area contributed by atoms with E-state index in [9.17, 15) is 9.90 Å². The molecule has 1 saturated carbocycles. The molecule has 2 aliphatic carbocycles. The van der Waals surface area contributed by atoms with E-state index in [1.165, 1.54) is 0 Å². The lowest BCUT2D eigenvalue weighted by Gasteiger charge is -2.46. The van der Waals surface area contributed by atoms with Gasteiger partial charge in [-0.05, 0) is 38.2 Å². The van der Waals surface area contributed by atoms with Crippen molar-refractivity contribution in [2.75, 3.05) is 0 Å². The molecule has 0 aliphatic heterocycles. The molecule has 16 heavy (non-hydrogen) atoms. The molecule has 0 aromatic carbocycles. The van der Waals surface area contributed by atoms with Gasteiger partial charge in [-0.2, -0.15) is 0 Å². The van der Waals surface area contributed by atoms with Gasteiger partial charge in [0, 0.05) is 11.8 Å². The summed E-state index contributed by atoms with van der Waals surface area (Å²) in [5, 5.41) is 10.3. The van der Waals surface area contributed by atoms with Crippen molar-refractivity contribution in [1.29, 1.82) is 0 Å². The molecule has 0 amide bonds. The van der Waals surface area contributed by atoms with E-state index < -0.39 is 0 Å². The maximum Gasteiger partial charge on any atom is 0.155 e. The average molecular weight is 220 g/mol. The zero-order chi connectivity index (χ0) is 11.9. The maximum absolute atomic E-state index is 11.5. The predicted octanol–water partition coefficient (Wildman–Crippen LogP) is 2.63. The molecule has 0 spiro atoms. The van der Waals surface area contributed by atoms with Crippen LogP contribution in [0.15, 0.2) is 23.8 Å². The van der Waals surface area contributed by atoms with Crippen LogP contribution in [0.25, 0.3) is 0 Å². The van der Waals surface area contributed by atoms with Crippen LogP contribution in [0.1, 0.15) is 39.5 Å². The van der Waals surface area contributed by atoms with Gasteiger partial charge in [0.05, 0.1) is 6.10 Å². The van der Waals surface area contributed by atoms with E-state index in [-0.39, 0.29) is 17.3 Å². The number of aliphatic hydroxyl groups is 1. The molecule has 0 aromatic rings. The molecule has 2 aliphatic rings. The Hall–Kier alpha value is -0.890. The summed E-state index contributed by atoms with van der Waals surface area (Å²) in [6, 6.07) is 0. The smallest absolute Gasteiger partial charge is 0.155 e. The third kappa shape index (κ3) is 1.75. The van der Waals surface area contributed by atoms with Crippen molar-refractivity contribution >= 4 is 5.78 Å². The van der Waals surface area contributed by atoms with Crippen LogP contribution in [0.5, 0.6) is 0 Å². The SMILES string of the molecule is C=C(C)[C@H]1CC2=CC(=O)CC[C@@]2(C)[C@H](O)C1. The maximum atomic E-state index is 11.5. The highest BCUT2D eigenvalue weighted by atomic mass is 16.3. The summed E-state index contributed by atoms with van der Waals surface area (Å²) < 4.78 is 0. The lowest BCUT2D eigenvalue weighted by Crippen LogP contribution is -2.43. The lowest BCUT2D eigenvalue weighted by atomic mass is 9.61. The van der Waals surface area contributed by atoms with Gasteiger partial charge in [0.1, 0.15) is 0 Å². The van der Waals surface area contributed by atoms with E-state index in [0.29, 0.717) is 12.3 Å². The molecular weight excluding hydrogens is 200 g/mol. The minimum absolute atomic E-state index is 0.167. The Labute approximate surface area is 97.0 Å². The first-order chi connectivity index (χ1) is 7.43. The number of hydrogen-bond acceptors (Lipinski definition) is 2. The highest BCUT2D eigenvalue weighted by molar-refractivity contribution is 5.91. The molecule has 0 aromatic heterocycles. The molecule has 2 rings (SSSR count). The number of fused-ring (bicyclic) bond motifs is 1. The Morgan fingerprint density at radius 2 is 2.31 bits per heavy atom. The van der Waals surface area contributed by atoms with Crippen molar-refractivity contribution < 1.29 is 9.90 Å². The van der Waals surface area contributed by atoms with E-state index in [2.05, 4.69) is 13.5 Å². The fraction of sp³-hybridized carbons (Fsp3) is 0.643. The summed E-state index contributed by atoms with van der Waals surface area (Å²) in [7, 11) is 0. The van der Waals surface area contributed by atoms with Gasteiger partial charge in [0.15, 0.2) is 5.78 Å². The van der Waals surface area contributed by atoms with Gasteiger partial charge >= 0.3 is 0 Å². The molecule has 2 nitrogen and oxygen atoms in total. The van der Waals surface area contributed by atoms with Crippen LogP contribution >= 0.6 is 0 Å². The minimum Gasteiger partial charge on any atom is -0.392 e. The minimum atomic E-state index is -0.331. The number of aliphatic hydroxyl groups excluding tert-OH is 1. The van der Waals surface area contributed by atoms with Gasteiger partial charge in [0.25, 0.3) is 0 Å². The van der Waals surface area contributed by atoms with Crippen molar-refractivity contribution in [3.63, 3.8) is 0 Å². The topological polar surface area (TPSA) is 37.3 Å². The van der Waals surface area contributed by atoms with Gasteiger partial charge in [-0.3, -0.25) is 4.79 Å². The molecule has 1 fully saturated rings. The van der Waals surface area contributed by atoms with Gasteiger partial charge < -0.3 is 5.11 Å². The second kappa shape index (κ2) is 3.85. The van der Waals surface area contributed by atoms with Crippen molar-refractivity contribution in [3.8, 4) is 0 Å². The van der Waals surface area contributed by atoms with Gasteiger partial charge in [0.2, 0.25) is 0 Å². The summed E-state index contributed by atoms with van der Waals surface area (Å²) in [6.45, 7) is 8.06. The van der Waals surface area contributed by atoms with Crippen molar-refractivity contribution in [2.24, 2.45) is 11.3 Å². The standard InChI is InChI=1S/C14H20O2/c1-9(2)10-6-11-8-12(15)4-5-14(11,3)13(16)7-10/h8,10,13,16H,1,4-7H2,2-3H3/t10-,13+,14+/m0/s1. The molecule has 0 radical (unpaired) electrons. The molecule has 3 atom stereocenters. The lowest BCUT2D eigenvalue weighted by molar-refractivity contribution is -0.116. The Bertz CT molecular complexity index is 367. The largest absolute Gasteiger partial charge is 0.392 e. The van der Waals surface area contributed by atoms with E-state index in [1.54, 1.807) is 6.08 Å². The fourth-order valence-corrected chi connectivity index (χ4v) is 2.90. The van der Waals surface area contributed by atoms with Crippen LogP contribution in [0.4, 0.5) is 0 Å². The van der Waals surface area contributed by atoms with Crippen molar-refractivity contribution in [3.05, 3.63) is 23.8 Å². The third-order valence-corrected chi connectivity index (χ3v) is 4.37. The first-order valence-electron chi connectivity index (χ1n) is 6.01. The molecule has 88 valence electrons. The van der Waals surface area contributed by atoms with Gasteiger partial charge in [-0.25, -0.2) is 0 Å². The summed E-state index contributed by atoms with van der Waals surface area (Å²) in [4.78, 5) is 11.5. The molecule has 0 saturated heterocycles. The van der Waals surface area contributed by atoms with E-state index >= 15 is 0 Å². The first-order valence-corrected chi connectivity index (χ1v) is 6.01. The molecule has 1 N–H and O–H groups in total. The highest BCUT2D eigenvalue weighted by Crippen LogP contribution is 2.49. The van der Waals surface area contributed by atoms with Crippen molar-refractivity contribution in [1.82, 2.24) is 0 Å². The van der Waals surface area contributed by atoms with Crippen LogP contribution < -0.4 is 0 Å². The summed E-state index contributed by atoms with van der Waals surface area (Å²) in [6.07, 6.45) is 4.49. The number of carbonyl (C=O) groups is 1. The number of hydrogen-bond donors (Lipinski definition) is 1. The normalized spacial score (nSPS) is 38.9. The Balaban J connectivity index is 2.32. The third-order valence-electron chi connectivity index (χ3n) is 4.37. The number of rotatable bonds is 1. The molecule has 0 heterocycles. The second-order valence-corrected chi connectivity index (χ2v) is 5.55. The summed E-state index contributed by atoms with van der Waals surface area (Å²) in [5.74, 6) is 0.544. The number of ketones is 1. The average Bonchev–Trinajstić information content (AvgIpc) is 2.21. The highest BCUT2D eigenvalue weighted by Gasteiger charge is 2.44. The van der Waals surface area contributed by atoms with Gasteiger partial charge in [-0.15, -0.1) is 0 Å². The number of carbonyl (C=O) groups excluding carboxylic acids is 1. The zero-order valence-corrected chi connectivity index (χ0v) is 10.1. The molecule has 0 unspecified atom stereocenters. The number of allylic oxidation sites excluding steroid dienone is 2. The quantitative estimate of drug-likeness (QED) is 0.690. The first kappa shape index (κ1) is 11.6.